The van der Waals surface area contributed by atoms with Crippen molar-refractivity contribution in [2.45, 2.75) is 52.5 Å². The number of anilines is 1. The minimum atomic E-state index is -0.221. The lowest BCUT2D eigenvalue weighted by Crippen LogP contribution is -2.62. The van der Waals surface area contributed by atoms with Crippen molar-refractivity contribution < 1.29 is 13.7 Å². The van der Waals surface area contributed by atoms with E-state index in [1.807, 2.05) is 18.7 Å². The van der Waals surface area contributed by atoms with Crippen LogP contribution in [0.5, 0.6) is 0 Å². The predicted molar refractivity (Wildman–Crippen MR) is 91.0 cm³/mol. The highest BCUT2D eigenvalue weighted by molar-refractivity contribution is 5.98. The molecule has 0 aliphatic carbocycles. The van der Waals surface area contributed by atoms with Gasteiger partial charge in [-0.05, 0) is 50.5 Å². The van der Waals surface area contributed by atoms with Gasteiger partial charge < -0.3 is 9.38 Å². The first-order valence-electron chi connectivity index (χ1n) is 8.92. The largest absolute Gasteiger partial charge is 0.314 e. The zero-order valence-electron chi connectivity index (χ0n) is 14.6. The Labute approximate surface area is 138 Å². The fourth-order valence-corrected chi connectivity index (χ4v) is 4.73. The number of carbonyl (C=O) groups excluding carboxylic acids is 1. The van der Waals surface area contributed by atoms with Gasteiger partial charge in [0, 0.05) is 31.5 Å². The van der Waals surface area contributed by atoms with Gasteiger partial charge in [-0.25, -0.2) is 4.39 Å². The van der Waals surface area contributed by atoms with Crippen molar-refractivity contribution in [2.24, 2.45) is 0 Å². The number of aryl methyl sites for hydroxylation is 2. The molecule has 3 rings (SSSR count). The van der Waals surface area contributed by atoms with Crippen LogP contribution in [0.3, 0.4) is 0 Å². The molecule has 2 fully saturated rings. The quantitative estimate of drug-likeness (QED) is 0.780. The molecular formula is C19H28FN2O+. The molecule has 2 aliphatic rings. The first kappa shape index (κ1) is 16.4. The summed E-state index contributed by atoms with van der Waals surface area (Å²) in [5.41, 5.74) is 2.65. The Kier molecular flexibility index (Phi) is 4.45. The van der Waals surface area contributed by atoms with E-state index in [1.165, 1.54) is 12.8 Å². The highest BCUT2D eigenvalue weighted by Crippen LogP contribution is 2.34. The molecule has 4 heteroatoms. The summed E-state index contributed by atoms with van der Waals surface area (Å²) in [7, 11) is 0. The van der Waals surface area contributed by atoms with Crippen LogP contribution in [0.25, 0.3) is 0 Å². The number of nitrogens with zero attached hydrogens (tertiary/aromatic N) is 2. The Morgan fingerprint density at radius 2 is 1.78 bits per heavy atom. The maximum absolute atomic E-state index is 13.6. The van der Waals surface area contributed by atoms with E-state index in [0.29, 0.717) is 0 Å². The van der Waals surface area contributed by atoms with Gasteiger partial charge in [0.05, 0.1) is 19.6 Å². The van der Waals surface area contributed by atoms with Crippen LogP contribution >= 0.6 is 0 Å². The van der Waals surface area contributed by atoms with Crippen molar-refractivity contribution in [3.8, 4) is 0 Å². The normalized spacial score (nSPS) is 24.3. The molecule has 1 aromatic carbocycles. The van der Waals surface area contributed by atoms with E-state index in [2.05, 4.69) is 6.92 Å². The van der Waals surface area contributed by atoms with Gasteiger partial charge in [0.25, 0.3) is 5.91 Å². The Morgan fingerprint density at radius 3 is 2.35 bits per heavy atom. The van der Waals surface area contributed by atoms with E-state index in [9.17, 15) is 9.18 Å². The number of benzene rings is 1. The first-order chi connectivity index (χ1) is 11.0. The number of hydrogen-bond acceptors (Lipinski definition) is 1. The molecule has 0 aromatic heterocycles. The second kappa shape index (κ2) is 6.23. The molecule has 0 saturated carbocycles. The molecular weight excluding hydrogens is 291 g/mol. The first-order valence-corrected chi connectivity index (χ1v) is 8.92. The average Bonchev–Trinajstić information content (AvgIpc) is 2.98. The van der Waals surface area contributed by atoms with Crippen molar-refractivity contribution in [3.05, 3.63) is 29.1 Å². The van der Waals surface area contributed by atoms with Gasteiger partial charge in [0.1, 0.15) is 5.82 Å². The number of hydrogen-bond donors (Lipinski definition) is 0. The summed E-state index contributed by atoms with van der Waals surface area (Å²) in [4.78, 5) is 15.2. The Hall–Kier alpha value is -1.42. The van der Waals surface area contributed by atoms with Crippen LogP contribution in [0, 0.1) is 19.7 Å². The number of likely N-dealkylation sites (N-methyl/N-ethyl adjacent to an activating group) is 1. The third-order valence-corrected chi connectivity index (χ3v) is 5.88. The van der Waals surface area contributed by atoms with Gasteiger partial charge in [-0.15, -0.1) is 0 Å². The van der Waals surface area contributed by atoms with Crippen LogP contribution in [0.1, 0.15) is 43.7 Å². The molecule has 1 aromatic rings. The highest BCUT2D eigenvalue weighted by atomic mass is 19.1. The van der Waals surface area contributed by atoms with Crippen molar-refractivity contribution in [2.75, 3.05) is 31.1 Å². The second-order valence-corrected chi connectivity index (χ2v) is 7.23. The zero-order chi connectivity index (χ0) is 16.6. The molecule has 0 N–H and O–H groups in total. The Bertz CT molecular complexity index is 584. The number of rotatable bonds is 3. The summed E-state index contributed by atoms with van der Waals surface area (Å²) in [5.74, 6) is 0.0270. The Morgan fingerprint density at radius 1 is 1.17 bits per heavy atom. The minimum absolute atomic E-state index is 0.0834. The predicted octanol–water partition coefficient (Wildman–Crippen LogP) is 3.57. The highest BCUT2D eigenvalue weighted by Gasteiger charge is 2.46. The van der Waals surface area contributed by atoms with Gasteiger partial charge in [0.15, 0.2) is 6.04 Å². The van der Waals surface area contributed by atoms with Gasteiger partial charge in [-0.1, -0.05) is 0 Å². The van der Waals surface area contributed by atoms with Crippen molar-refractivity contribution in [1.29, 1.82) is 0 Å². The molecule has 1 unspecified atom stereocenters. The monoisotopic (exact) mass is 319 g/mol. The average molecular weight is 319 g/mol. The second-order valence-electron chi connectivity index (χ2n) is 7.23. The molecule has 126 valence electrons. The SMILES string of the molecule is CC[N+]1(C2CCCN(c3c(C)cc(F)cc3C)C2=O)CCCC1. The van der Waals surface area contributed by atoms with E-state index >= 15 is 0 Å². The minimum Gasteiger partial charge on any atom is -0.314 e. The summed E-state index contributed by atoms with van der Waals surface area (Å²) in [6, 6.07) is 3.17. The van der Waals surface area contributed by atoms with Crippen molar-refractivity contribution in [3.63, 3.8) is 0 Å². The molecule has 2 aliphatic heterocycles. The third kappa shape index (κ3) is 2.78. The maximum atomic E-state index is 13.6. The summed E-state index contributed by atoms with van der Waals surface area (Å²) in [6.45, 7) is 10.1. The van der Waals surface area contributed by atoms with E-state index in [0.717, 1.165) is 60.3 Å². The number of halogens is 1. The van der Waals surface area contributed by atoms with Gasteiger partial charge in [-0.3, -0.25) is 4.79 Å². The van der Waals surface area contributed by atoms with Crippen LogP contribution < -0.4 is 4.90 Å². The van der Waals surface area contributed by atoms with E-state index in [4.69, 9.17) is 0 Å². The van der Waals surface area contributed by atoms with Gasteiger partial charge in [-0.2, -0.15) is 0 Å². The van der Waals surface area contributed by atoms with Crippen molar-refractivity contribution >= 4 is 11.6 Å². The zero-order valence-corrected chi connectivity index (χ0v) is 14.6. The molecule has 1 atom stereocenters. The summed E-state index contributed by atoms with van der Waals surface area (Å²) in [5, 5.41) is 0. The lowest BCUT2D eigenvalue weighted by Gasteiger charge is -2.44. The smallest absolute Gasteiger partial charge is 0.285 e. The Balaban J connectivity index is 1.95. The number of likely N-dealkylation sites (tertiary alicyclic amines) is 1. The molecule has 1 amide bonds. The molecule has 23 heavy (non-hydrogen) atoms. The topological polar surface area (TPSA) is 20.3 Å². The number of quaternary nitrogens is 1. The van der Waals surface area contributed by atoms with Crippen molar-refractivity contribution in [1.82, 2.24) is 0 Å². The molecule has 3 nitrogen and oxygen atoms in total. The fraction of sp³-hybridized carbons (Fsp3) is 0.632. The standard InChI is InChI=1S/C19H28FN2O/c1-4-22(10-5-6-11-22)17-8-7-9-21(19(17)23)18-14(2)12-16(20)13-15(18)3/h12-13,17H,4-11H2,1-3H3/q+1. The number of piperidine rings is 1. The van der Waals surface area contributed by atoms with Gasteiger partial charge >= 0.3 is 0 Å². The van der Waals surface area contributed by atoms with E-state index in [-0.39, 0.29) is 17.8 Å². The lowest BCUT2D eigenvalue weighted by molar-refractivity contribution is -0.930. The number of carbonyl (C=O) groups is 1. The van der Waals surface area contributed by atoms with Crippen LogP contribution in [0.2, 0.25) is 0 Å². The summed E-state index contributed by atoms with van der Waals surface area (Å²) < 4.78 is 14.6. The maximum Gasteiger partial charge on any atom is 0.285 e. The van der Waals surface area contributed by atoms with E-state index in [1.54, 1.807) is 12.1 Å². The third-order valence-electron chi connectivity index (χ3n) is 5.88. The van der Waals surface area contributed by atoms with Crippen LogP contribution in [0.4, 0.5) is 10.1 Å². The lowest BCUT2D eigenvalue weighted by atomic mass is 9.97. The molecule has 2 heterocycles. The molecule has 0 bridgehead atoms. The fourth-order valence-electron chi connectivity index (χ4n) is 4.73. The van der Waals surface area contributed by atoms with Gasteiger partial charge in [0.2, 0.25) is 0 Å². The number of amides is 1. The summed E-state index contributed by atoms with van der Waals surface area (Å²) >= 11 is 0. The molecule has 2 saturated heterocycles. The molecule has 0 radical (unpaired) electrons. The van der Waals surface area contributed by atoms with Crippen LogP contribution in [-0.4, -0.2) is 42.6 Å². The van der Waals surface area contributed by atoms with Crippen LogP contribution in [0.15, 0.2) is 12.1 Å². The van der Waals surface area contributed by atoms with Crippen LogP contribution in [-0.2, 0) is 4.79 Å². The molecule has 0 spiro atoms. The summed E-state index contributed by atoms with van der Waals surface area (Å²) in [6.07, 6.45) is 4.48. The van der Waals surface area contributed by atoms with E-state index < -0.39 is 0 Å².